The highest BCUT2D eigenvalue weighted by atomic mass is 16.5. The molecule has 0 bridgehead atoms. The monoisotopic (exact) mass is 444 g/mol. The van der Waals surface area contributed by atoms with Crippen molar-refractivity contribution in [1.29, 1.82) is 5.26 Å². The van der Waals surface area contributed by atoms with E-state index < -0.39 is 5.91 Å². The number of furan rings is 1. The Labute approximate surface area is 188 Å². The smallest absolute Gasteiger partial charge is 0.253 e. The number of amides is 1. The Kier molecular flexibility index (Phi) is 5.89. The van der Waals surface area contributed by atoms with Crippen LogP contribution >= 0.6 is 0 Å². The van der Waals surface area contributed by atoms with Gasteiger partial charge in [-0.25, -0.2) is 4.98 Å². The van der Waals surface area contributed by atoms with Crippen molar-refractivity contribution in [3.05, 3.63) is 53.5 Å². The molecule has 0 spiro atoms. The third-order valence-electron chi connectivity index (χ3n) is 5.24. The van der Waals surface area contributed by atoms with Crippen LogP contribution in [0.1, 0.15) is 26.4 Å². The maximum atomic E-state index is 12.5. The lowest BCUT2D eigenvalue weighted by atomic mass is 10.1. The molecule has 0 aromatic carbocycles. The summed E-state index contributed by atoms with van der Waals surface area (Å²) in [6, 6.07) is 8.91. The van der Waals surface area contributed by atoms with Crippen LogP contribution in [0.3, 0.4) is 0 Å². The van der Waals surface area contributed by atoms with Gasteiger partial charge in [0.1, 0.15) is 23.0 Å². The van der Waals surface area contributed by atoms with Crippen molar-refractivity contribution in [3.63, 3.8) is 0 Å². The van der Waals surface area contributed by atoms with Gasteiger partial charge in [0, 0.05) is 32.5 Å². The number of pyridine rings is 2. The number of methoxy groups -OCH3 is 1. The quantitative estimate of drug-likeness (QED) is 0.311. The molecular weight excluding hydrogens is 424 g/mol. The lowest BCUT2D eigenvalue weighted by Gasteiger charge is -2.11. The Bertz CT molecular complexity index is 1400. The van der Waals surface area contributed by atoms with Gasteiger partial charge in [-0.2, -0.15) is 5.26 Å². The van der Waals surface area contributed by atoms with E-state index in [2.05, 4.69) is 21.4 Å². The van der Waals surface area contributed by atoms with Crippen molar-refractivity contribution >= 4 is 28.9 Å². The SMILES string of the molecule is COCCNc1cc(-c2c(C(N)=O)c3nc(C=O)c(-c4ccco4)cc3n2C)ncc1C#N. The van der Waals surface area contributed by atoms with Crippen LogP contribution in [-0.2, 0) is 11.8 Å². The summed E-state index contributed by atoms with van der Waals surface area (Å²) in [7, 11) is 3.33. The van der Waals surface area contributed by atoms with Crippen LogP contribution in [-0.4, -0.2) is 47.0 Å². The first-order chi connectivity index (χ1) is 16.0. The summed E-state index contributed by atoms with van der Waals surface area (Å²) >= 11 is 0. The van der Waals surface area contributed by atoms with Gasteiger partial charge >= 0.3 is 0 Å². The number of carbonyl (C=O) groups is 2. The minimum atomic E-state index is -0.717. The highest BCUT2D eigenvalue weighted by Gasteiger charge is 2.25. The predicted molar refractivity (Wildman–Crippen MR) is 121 cm³/mol. The molecule has 4 aromatic rings. The van der Waals surface area contributed by atoms with Crippen molar-refractivity contribution < 1.29 is 18.7 Å². The van der Waals surface area contributed by atoms with E-state index in [4.69, 9.17) is 14.9 Å². The fraction of sp³-hybridized carbons (Fsp3) is 0.174. The lowest BCUT2D eigenvalue weighted by molar-refractivity contribution is 0.100. The van der Waals surface area contributed by atoms with Crippen molar-refractivity contribution in [2.45, 2.75) is 0 Å². The standard InChI is InChI=1S/C23H20N6O4/c1-29-18-8-14(19-4-3-6-33-19)17(12-30)28-21(18)20(23(25)31)22(29)16-9-15(26-5-7-32-2)13(10-24)11-27-16/h3-4,6,8-9,11-12H,5,7H2,1-2H3,(H2,25,31)(H,26,27). The fourth-order valence-corrected chi connectivity index (χ4v) is 3.72. The summed E-state index contributed by atoms with van der Waals surface area (Å²) in [5.74, 6) is -0.248. The van der Waals surface area contributed by atoms with Crippen LogP contribution < -0.4 is 11.1 Å². The summed E-state index contributed by atoms with van der Waals surface area (Å²) in [6.45, 7) is 0.917. The molecule has 3 N–H and O–H groups in total. The summed E-state index contributed by atoms with van der Waals surface area (Å²) in [5.41, 5.74) is 9.02. The molecule has 4 rings (SSSR count). The minimum absolute atomic E-state index is 0.117. The summed E-state index contributed by atoms with van der Waals surface area (Å²) in [6.07, 6.45) is 3.52. The number of primary amides is 1. The molecule has 0 saturated carbocycles. The summed E-state index contributed by atoms with van der Waals surface area (Å²) in [5, 5.41) is 12.6. The number of aromatic nitrogens is 3. The fourth-order valence-electron chi connectivity index (χ4n) is 3.72. The molecule has 1 amide bonds. The average molecular weight is 444 g/mol. The van der Waals surface area contributed by atoms with E-state index in [9.17, 15) is 14.9 Å². The van der Waals surface area contributed by atoms with E-state index in [1.165, 1.54) is 12.5 Å². The zero-order valence-corrected chi connectivity index (χ0v) is 18.0. The van der Waals surface area contributed by atoms with Gasteiger partial charge in [0.2, 0.25) is 0 Å². The molecular formula is C23H20N6O4. The van der Waals surface area contributed by atoms with E-state index in [-0.39, 0.29) is 16.8 Å². The summed E-state index contributed by atoms with van der Waals surface area (Å²) in [4.78, 5) is 33.1. The molecule has 166 valence electrons. The second-order valence-corrected chi connectivity index (χ2v) is 7.18. The number of hydrogen-bond acceptors (Lipinski definition) is 8. The minimum Gasteiger partial charge on any atom is -0.464 e. The number of anilines is 1. The molecule has 0 aliphatic heterocycles. The molecule has 33 heavy (non-hydrogen) atoms. The van der Waals surface area contributed by atoms with Crippen molar-refractivity contribution in [2.75, 3.05) is 25.6 Å². The number of ether oxygens (including phenoxy) is 1. The van der Waals surface area contributed by atoms with E-state index >= 15 is 0 Å². The number of carbonyl (C=O) groups excluding carboxylic acids is 2. The van der Waals surface area contributed by atoms with Gasteiger partial charge in [-0.05, 0) is 24.3 Å². The van der Waals surface area contributed by atoms with Crippen LogP contribution in [0.15, 0.2) is 41.1 Å². The third kappa shape index (κ3) is 3.81. The molecule has 10 nitrogen and oxygen atoms in total. The topological polar surface area (TPSA) is 149 Å². The van der Waals surface area contributed by atoms with Crippen molar-refractivity contribution in [1.82, 2.24) is 14.5 Å². The van der Waals surface area contributed by atoms with E-state index in [0.717, 1.165) is 0 Å². The van der Waals surface area contributed by atoms with Crippen molar-refractivity contribution in [3.8, 4) is 28.8 Å². The molecule has 4 heterocycles. The van der Waals surface area contributed by atoms with Gasteiger partial charge in [0.15, 0.2) is 6.29 Å². The molecule has 0 atom stereocenters. The van der Waals surface area contributed by atoms with E-state index in [1.807, 2.05) is 0 Å². The number of nitrogens with two attached hydrogens (primary N) is 1. The highest BCUT2D eigenvalue weighted by molar-refractivity contribution is 6.11. The van der Waals surface area contributed by atoms with Crippen LogP contribution in [0.2, 0.25) is 0 Å². The number of aldehydes is 1. The summed E-state index contributed by atoms with van der Waals surface area (Å²) < 4.78 is 12.2. The average Bonchev–Trinajstić information content (AvgIpc) is 3.45. The number of nitriles is 1. The molecule has 0 radical (unpaired) electrons. The number of rotatable bonds is 8. The lowest BCUT2D eigenvalue weighted by Crippen LogP contribution is -2.13. The third-order valence-corrected chi connectivity index (χ3v) is 5.24. The zero-order chi connectivity index (χ0) is 23.5. The first-order valence-electron chi connectivity index (χ1n) is 9.95. The molecule has 10 heteroatoms. The maximum absolute atomic E-state index is 12.5. The van der Waals surface area contributed by atoms with E-state index in [1.54, 1.807) is 43.0 Å². The number of hydrogen-bond donors (Lipinski definition) is 2. The molecule has 0 aliphatic carbocycles. The Morgan fingerprint density at radius 2 is 2.24 bits per heavy atom. The van der Waals surface area contributed by atoms with E-state index in [0.29, 0.717) is 58.9 Å². The maximum Gasteiger partial charge on any atom is 0.253 e. The second-order valence-electron chi connectivity index (χ2n) is 7.18. The number of aryl methyl sites for hydroxylation is 1. The molecule has 0 aliphatic rings. The van der Waals surface area contributed by atoms with Crippen LogP contribution in [0.5, 0.6) is 0 Å². The Hall–Kier alpha value is -4.49. The van der Waals surface area contributed by atoms with Crippen LogP contribution in [0.4, 0.5) is 5.69 Å². The number of fused-ring (bicyclic) bond motifs is 1. The predicted octanol–water partition coefficient (Wildman–Crippen LogP) is 2.74. The Balaban J connectivity index is 1.96. The molecule has 4 aromatic heterocycles. The second kappa shape index (κ2) is 8.94. The number of nitrogens with one attached hydrogen (secondary N) is 1. The molecule has 0 saturated heterocycles. The highest BCUT2D eigenvalue weighted by Crippen LogP contribution is 2.35. The van der Waals surface area contributed by atoms with Crippen LogP contribution in [0, 0.1) is 11.3 Å². The number of nitrogens with zero attached hydrogens (tertiary/aromatic N) is 4. The molecule has 0 unspecified atom stereocenters. The first-order valence-corrected chi connectivity index (χ1v) is 9.95. The Morgan fingerprint density at radius 3 is 2.88 bits per heavy atom. The molecule has 0 fully saturated rings. The van der Waals surface area contributed by atoms with Gasteiger partial charge in [0.05, 0.1) is 46.6 Å². The Morgan fingerprint density at radius 1 is 1.42 bits per heavy atom. The van der Waals surface area contributed by atoms with Gasteiger partial charge in [0.25, 0.3) is 5.91 Å². The zero-order valence-electron chi connectivity index (χ0n) is 18.0. The van der Waals surface area contributed by atoms with Gasteiger partial charge in [-0.15, -0.1) is 0 Å². The van der Waals surface area contributed by atoms with Crippen LogP contribution in [0.25, 0.3) is 33.7 Å². The van der Waals surface area contributed by atoms with Gasteiger partial charge in [-0.1, -0.05) is 0 Å². The van der Waals surface area contributed by atoms with Gasteiger partial charge < -0.3 is 24.8 Å². The first kappa shape index (κ1) is 21.7. The van der Waals surface area contributed by atoms with Gasteiger partial charge in [-0.3, -0.25) is 14.6 Å². The normalized spacial score (nSPS) is 10.8. The largest absolute Gasteiger partial charge is 0.464 e. The van der Waals surface area contributed by atoms with Crippen molar-refractivity contribution in [2.24, 2.45) is 12.8 Å².